The summed E-state index contributed by atoms with van der Waals surface area (Å²) >= 11 is 9.02. The predicted molar refractivity (Wildman–Crippen MR) is 243 cm³/mol. The number of fused-ring (bicyclic) bond motifs is 2. The molecular weight excluding hydrogens is 804 g/mol. The van der Waals surface area contributed by atoms with Crippen LogP contribution in [0.15, 0.2) is 73.1 Å². The first-order chi connectivity index (χ1) is 27.4. The molecule has 0 aliphatic heterocycles. The summed E-state index contributed by atoms with van der Waals surface area (Å²) in [7, 11) is -1.10. The van der Waals surface area contributed by atoms with Crippen molar-refractivity contribution in [1.82, 2.24) is 19.9 Å². The second kappa shape index (κ2) is 20.8. The zero-order chi connectivity index (χ0) is 40.4. The van der Waals surface area contributed by atoms with Gasteiger partial charge in [0.05, 0.1) is 44.7 Å². The number of ether oxygens (including phenoxy) is 2. The Hall–Kier alpha value is -4.73. The van der Waals surface area contributed by atoms with E-state index in [4.69, 9.17) is 33.9 Å². The lowest BCUT2D eigenvalue weighted by molar-refractivity contribution is 0.116. The van der Waals surface area contributed by atoms with Crippen LogP contribution in [0.4, 0.5) is 10.3 Å². The Balaban J connectivity index is 0.000000191. The molecule has 0 saturated heterocycles. The van der Waals surface area contributed by atoms with Crippen LogP contribution in [0.3, 0.4) is 0 Å². The Morgan fingerprint density at radius 1 is 0.690 bits per heavy atom. The Labute approximate surface area is 355 Å². The number of halogens is 1. The molecule has 2 aromatic carbocycles. The first kappa shape index (κ1) is 44.4. The maximum atomic E-state index is 10.1. The van der Waals surface area contributed by atoms with Crippen molar-refractivity contribution in [2.75, 3.05) is 10.6 Å². The van der Waals surface area contributed by atoms with Crippen LogP contribution < -0.4 is 20.1 Å². The molecule has 4 N–H and O–H groups in total. The Morgan fingerprint density at radius 3 is 1.59 bits per heavy atom. The number of benzene rings is 2. The van der Waals surface area contributed by atoms with Crippen LogP contribution in [0, 0.1) is 24.3 Å². The van der Waals surface area contributed by atoms with Gasteiger partial charge in [0.1, 0.15) is 41.9 Å². The molecule has 6 aromatic rings. The third-order valence-electron chi connectivity index (χ3n) is 9.28. The number of anilines is 2. The number of nitrogens with one attached hydrogen (secondary N) is 2. The van der Waals surface area contributed by atoms with Gasteiger partial charge in [0.25, 0.3) is 0 Å². The number of terminal acetylenes is 2. The van der Waals surface area contributed by atoms with Crippen molar-refractivity contribution in [2.24, 2.45) is 0 Å². The zero-order valence-electron chi connectivity index (χ0n) is 32.2. The molecule has 0 amide bonds. The van der Waals surface area contributed by atoms with Crippen LogP contribution in [-0.2, 0) is 0 Å². The third-order valence-corrected chi connectivity index (χ3v) is 12.2. The van der Waals surface area contributed by atoms with E-state index in [9.17, 15) is 10.2 Å². The first-order valence-electron chi connectivity index (χ1n) is 19.0. The number of nitrogens with zero attached hydrogens (tertiary/aromatic N) is 4. The van der Waals surface area contributed by atoms with Crippen molar-refractivity contribution < 1.29 is 19.7 Å². The summed E-state index contributed by atoms with van der Waals surface area (Å²) in [6.45, 7) is 6.44. The molecule has 2 aliphatic rings. The van der Waals surface area contributed by atoms with Gasteiger partial charge < -0.3 is 30.3 Å². The second-order valence-electron chi connectivity index (χ2n) is 14.9. The van der Waals surface area contributed by atoms with E-state index < -0.39 is 8.07 Å². The molecule has 2 saturated carbocycles. The number of hydrogen-bond acceptors (Lipinski definition) is 12. The van der Waals surface area contributed by atoms with Crippen LogP contribution >= 0.6 is 34.3 Å². The molecule has 0 spiro atoms. The normalized spacial score (nSPS) is 18.8. The number of aliphatic hydroxyl groups excluding tert-OH is 2. The maximum absolute atomic E-state index is 10.1. The van der Waals surface area contributed by atoms with Gasteiger partial charge in [-0.2, -0.15) is 0 Å². The van der Waals surface area contributed by atoms with Gasteiger partial charge in [-0.05, 0) is 62.1 Å². The number of pyridine rings is 2. The van der Waals surface area contributed by atoms with Crippen LogP contribution in [0.2, 0.25) is 24.8 Å². The van der Waals surface area contributed by atoms with Crippen molar-refractivity contribution in [3.8, 4) is 47.3 Å². The fourth-order valence-corrected chi connectivity index (χ4v) is 8.29. The Kier molecular flexibility index (Phi) is 15.9. The highest BCUT2D eigenvalue weighted by molar-refractivity contribution is 7.22. The third kappa shape index (κ3) is 12.9. The zero-order valence-corrected chi connectivity index (χ0v) is 35.6. The summed E-state index contributed by atoms with van der Waals surface area (Å²) in [6.07, 6.45) is 21.3. The van der Waals surface area contributed by atoms with Gasteiger partial charge in [-0.1, -0.05) is 92.9 Å². The smallest absolute Gasteiger partial charge is 0.184 e. The molecule has 2 fully saturated rings. The minimum Gasteiger partial charge on any atom is -0.457 e. The van der Waals surface area contributed by atoms with E-state index in [1.807, 2.05) is 36.4 Å². The highest BCUT2D eigenvalue weighted by atomic mass is 35.5. The molecule has 14 heteroatoms. The molecule has 4 heterocycles. The van der Waals surface area contributed by atoms with Gasteiger partial charge in [-0.15, -0.1) is 18.4 Å². The van der Waals surface area contributed by atoms with E-state index in [0.29, 0.717) is 22.3 Å². The van der Waals surface area contributed by atoms with Crippen molar-refractivity contribution in [3.63, 3.8) is 0 Å². The van der Waals surface area contributed by atoms with Crippen LogP contribution in [0.25, 0.3) is 20.4 Å². The fourth-order valence-electron chi connectivity index (χ4n) is 6.21. The summed E-state index contributed by atoms with van der Waals surface area (Å²) in [5, 5.41) is 29.1. The minimum absolute atomic E-state index is 0. The van der Waals surface area contributed by atoms with E-state index >= 15 is 0 Å². The lowest BCUT2D eigenvalue weighted by Crippen LogP contribution is -2.36. The van der Waals surface area contributed by atoms with Gasteiger partial charge in [0, 0.05) is 36.7 Å². The van der Waals surface area contributed by atoms with Gasteiger partial charge in [0.15, 0.2) is 10.3 Å². The Morgan fingerprint density at radius 2 is 1.14 bits per heavy atom. The van der Waals surface area contributed by atoms with Crippen LogP contribution in [0.1, 0.15) is 64.5 Å². The molecule has 4 atom stereocenters. The van der Waals surface area contributed by atoms with Crippen molar-refractivity contribution in [3.05, 3.63) is 83.9 Å². The maximum Gasteiger partial charge on any atom is 0.184 e. The van der Waals surface area contributed by atoms with Gasteiger partial charge in [-0.3, -0.25) is 0 Å². The number of rotatable bonds is 8. The SMILES string of the molecule is C.C#C[Si](C)(C)C.C#Cc1cc(Oc2ccc3nc(N[C@@H]4CCCC[C@H]4O)sc3c2)ccn1.O[C@@H]1CCCC[C@H]1Nc1nc2ccc(Oc3ccnc(Cl)c3)cc2s1. The lowest BCUT2D eigenvalue weighted by atomic mass is 9.93. The fraction of sp³-hybridized carbons (Fsp3) is 0.364. The topological polar surface area (TPSA) is 135 Å². The Bertz CT molecular complexity index is 2350. The summed E-state index contributed by atoms with van der Waals surface area (Å²) in [4.78, 5) is 17.2. The number of thiazole rings is 2. The quantitative estimate of drug-likeness (QED) is 0.0666. The summed E-state index contributed by atoms with van der Waals surface area (Å²) in [5.41, 5.74) is 5.11. The molecule has 58 heavy (non-hydrogen) atoms. The molecule has 0 radical (unpaired) electrons. The molecule has 8 rings (SSSR count). The van der Waals surface area contributed by atoms with Crippen LogP contribution in [-0.4, -0.2) is 62.5 Å². The van der Waals surface area contributed by atoms with E-state index in [-0.39, 0.29) is 31.7 Å². The number of aromatic nitrogens is 4. The monoisotopic (exact) mass is 854 g/mol. The average Bonchev–Trinajstić information content (AvgIpc) is 3.79. The number of hydrogen-bond donors (Lipinski definition) is 4. The molecular formula is C44H51ClN6O4S2Si. The molecule has 10 nitrogen and oxygen atoms in total. The van der Waals surface area contributed by atoms with Crippen molar-refractivity contribution in [1.29, 1.82) is 0 Å². The van der Waals surface area contributed by atoms with Gasteiger partial charge >= 0.3 is 0 Å². The van der Waals surface area contributed by atoms with Crippen molar-refractivity contribution >= 4 is 73.0 Å². The van der Waals surface area contributed by atoms with E-state index in [1.165, 1.54) is 0 Å². The van der Waals surface area contributed by atoms with E-state index in [0.717, 1.165) is 93.6 Å². The largest absolute Gasteiger partial charge is 0.457 e. The molecule has 0 unspecified atom stereocenters. The predicted octanol–water partition coefficient (Wildman–Crippen LogP) is 11.2. The average molecular weight is 856 g/mol. The van der Waals surface area contributed by atoms with Gasteiger partial charge in [-0.25, -0.2) is 19.9 Å². The number of aliphatic hydroxyl groups is 2. The van der Waals surface area contributed by atoms with Crippen molar-refractivity contribution in [2.45, 2.75) is 103 Å². The summed E-state index contributed by atoms with van der Waals surface area (Å²) in [5.74, 6) is 5.25. The highest BCUT2D eigenvalue weighted by Crippen LogP contribution is 2.35. The van der Waals surface area contributed by atoms with E-state index in [2.05, 4.69) is 61.7 Å². The van der Waals surface area contributed by atoms with E-state index in [1.54, 1.807) is 59.3 Å². The molecule has 2 aliphatic carbocycles. The molecule has 304 valence electrons. The molecule has 0 bridgehead atoms. The first-order valence-corrected chi connectivity index (χ1v) is 24.5. The highest BCUT2D eigenvalue weighted by Gasteiger charge is 2.25. The standard InChI is InChI=1S/C20H19N3O2S.C18H18ClN3O2S.C5H10Si.CH4/c1-2-13-11-15(9-10-21-13)25-14-7-8-17-19(12-14)26-20(23-17)22-16-5-3-4-6-18(16)24;19-17-10-12(7-8-20-17)24-11-5-6-14-16(9-11)25-18(22-14)21-13-3-1-2-4-15(13)23;1-5-6(2,3)4;/h1,7-12,16,18,24H,3-6H2,(H,22,23);5-10,13,15,23H,1-4H2,(H,21,22);1H,2-4H3;1H4/t16-,18-;13-,15-;;/m11../s1. The minimum atomic E-state index is -1.10. The molecule has 4 aromatic heterocycles. The van der Waals surface area contributed by atoms with Crippen LogP contribution in [0.5, 0.6) is 23.0 Å². The second-order valence-corrected chi connectivity index (χ2v) is 22.2. The summed E-state index contributed by atoms with van der Waals surface area (Å²) < 4.78 is 13.8. The lowest BCUT2D eigenvalue weighted by Gasteiger charge is -2.27. The van der Waals surface area contributed by atoms with Gasteiger partial charge in [0.2, 0.25) is 0 Å². The summed E-state index contributed by atoms with van der Waals surface area (Å²) in [6, 6.07) is 18.7.